The molecule has 0 heterocycles. The Balaban J connectivity index is 2.86. The van der Waals surface area contributed by atoms with Crippen LogP contribution in [0.2, 0.25) is 0 Å². The maximum Gasteiger partial charge on any atom is 0.315 e. The van der Waals surface area contributed by atoms with Crippen LogP contribution in [0.25, 0.3) is 0 Å². The summed E-state index contributed by atoms with van der Waals surface area (Å²) in [7, 11) is 0. The zero-order chi connectivity index (χ0) is 13.9. The first-order valence-electron chi connectivity index (χ1n) is 5.24. The number of anilines is 1. The monoisotopic (exact) mass is 257 g/mol. The fourth-order valence-electron chi connectivity index (χ4n) is 1.23. The van der Waals surface area contributed by atoms with Crippen molar-refractivity contribution in [2.45, 2.75) is 19.8 Å². The van der Waals surface area contributed by atoms with E-state index in [0.717, 1.165) is 13.0 Å². The minimum absolute atomic E-state index is 0.145. The van der Waals surface area contributed by atoms with Crippen LogP contribution in [0.5, 0.6) is 0 Å². The Morgan fingerprint density at radius 1 is 1.39 bits per heavy atom. The highest BCUT2D eigenvalue weighted by molar-refractivity contribution is 6.03. The summed E-state index contributed by atoms with van der Waals surface area (Å²) in [6.45, 7) is 1.96. The molecule has 2 N–H and O–H groups in total. The third-order valence-corrected chi connectivity index (χ3v) is 2.40. The van der Waals surface area contributed by atoms with E-state index in [-0.39, 0.29) is 11.3 Å². The zero-order valence-electron chi connectivity index (χ0n) is 9.91. The first kappa shape index (κ1) is 14.1. The van der Waals surface area contributed by atoms with Gasteiger partial charge < -0.3 is 10.4 Å². The van der Waals surface area contributed by atoms with E-state index in [1.807, 2.05) is 0 Å². The largest absolute Gasteiger partial charge is 0.481 e. The molecule has 1 atom stereocenters. The Labute approximate surface area is 103 Å². The fourth-order valence-corrected chi connectivity index (χ4v) is 1.23. The van der Waals surface area contributed by atoms with Gasteiger partial charge in [0.05, 0.1) is 0 Å². The molecule has 98 valence electrons. The van der Waals surface area contributed by atoms with Crippen molar-refractivity contribution in [2.24, 2.45) is 5.92 Å². The number of carbonyl (C=O) groups excluding carboxylic acids is 1. The number of alkyl halides is 2. The van der Waals surface area contributed by atoms with E-state index in [0.29, 0.717) is 0 Å². The second-order valence-electron chi connectivity index (χ2n) is 4.02. The van der Waals surface area contributed by atoms with Crippen molar-refractivity contribution < 1.29 is 23.5 Å². The van der Waals surface area contributed by atoms with Gasteiger partial charge in [-0.1, -0.05) is 12.1 Å². The summed E-state index contributed by atoms with van der Waals surface area (Å²) in [6.07, 6.45) is 0. The SMILES string of the molecule is CC(C(=O)O)C(=O)Nc1cccc(C(C)(F)F)c1. The number of benzene rings is 1. The second kappa shape index (κ2) is 5.12. The van der Waals surface area contributed by atoms with Crippen molar-refractivity contribution in [3.63, 3.8) is 0 Å². The second-order valence-corrected chi connectivity index (χ2v) is 4.02. The normalized spacial score (nSPS) is 12.9. The summed E-state index contributed by atoms with van der Waals surface area (Å²) in [5.41, 5.74) is -0.101. The molecule has 1 unspecified atom stereocenters. The summed E-state index contributed by atoms with van der Waals surface area (Å²) < 4.78 is 26.1. The number of rotatable bonds is 4. The standard InChI is InChI=1S/C12H13F2NO3/c1-7(11(17)18)10(16)15-9-5-3-4-8(6-9)12(2,13)14/h3-7H,1-2H3,(H,15,16)(H,17,18). The summed E-state index contributed by atoms with van der Waals surface area (Å²) in [6, 6.07) is 5.14. The Hall–Kier alpha value is -1.98. The predicted molar refractivity (Wildman–Crippen MR) is 61.4 cm³/mol. The van der Waals surface area contributed by atoms with Crippen molar-refractivity contribution in [3.05, 3.63) is 29.8 Å². The highest BCUT2D eigenvalue weighted by Crippen LogP contribution is 2.28. The quantitative estimate of drug-likeness (QED) is 0.814. The number of amides is 1. The molecule has 0 bridgehead atoms. The van der Waals surface area contributed by atoms with E-state index in [9.17, 15) is 18.4 Å². The Morgan fingerprint density at radius 3 is 2.50 bits per heavy atom. The molecule has 6 heteroatoms. The Kier molecular flexibility index (Phi) is 4.00. The molecule has 0 spiro atoms. The molecule has 1 amide bonds. The van der Waals surface area contributed by atoms with E-state index >= 15 is 0 Å². The molecule has 0 radical (unpaired) electrons. The van der Waals surface area contributed by atoms with Gasteiger partial charge in [0.25, 0.3) is 5.92 Å². The van der Waals surface area contributed by atoms with Crippen LogP contribution in [0.1, 0.15) is 19.4 Å². The lowest BCUT2D eigenvalue weighted by atomic mass is 10.1. The lowest BCUT2D eigenvalue weighted by Crippen LogP contribution is -2.27. The number of carbonyl (C=O) groups is 2. The Bertz CT molecular complexity index is 469. The highest BCUT2D eigenvalue weighted by atomic mass is 19.3. The molecule has 0 aliphatic carbocycles. The minimum Gasteiger partial charge on any atom is -0.481 e. The highest BCUT2D eigenvalue weighted by Gasteiger charge is 2.25. The van der Waals surface area contributed by atoms with Gasteiger partial charge in [0.1, 0.15) is 5.92 Å². The first-order chi connectivity index (χ1) is 8.21. The smallest absolute Gasteiger partial charge is 0.315 e. The van der Waals surface area contributed by atoms with Crippen molar-refractivity contribution in [2.75, 3.05) is 5.32 Å². The molecule has 0 aliphatic rings. The number of halogens is 2. The molecule has 4 nitrogen and oxygen atoms in total. The van der Waals surface area contributed by atoms with Gasteiger partial charge in [-0.15, -0.1) is 0 Å². The van der Waals surface area contributed by atoms with Gasteiger partial charge in [-0.25, -0.2) is 8.78 Å². The molecule has 1 aromatic rings. The molecular formula is C12H13F2NO3. The molecular weight excluding hydrogens is 244 g/mol. The van der Waals surface area contributed by atoms with E-state index in [2.05, 4.69) is 5.32 Å². The molecule has 0 saturated carbocycles. The van der Waals surface area contributed by atoms with Gasteiger partial charge in [0.2, 0.25) is 5.91 Å². The maximum absolute atomic E-state index is 13.1. The molecule has 0 fully saturated rings. The van der Waals surface area contributed by atoms with Crippen LogP contribution in [0.15, 0.2) is 24.3 Å². The number of aliphatic carboxylic acids is 1. The van der Waals surface area contributed by atoms with Gasteiger partial charge >= 0.3 is 5.97 Å². The predicted octanol–water partition coefficient (Wildman–Crippen LogP) is 2.46. The Morgan fingerprint density at radius 2 is 2.00 bits per heavy atom. The van der Waals surface area contributed by atoms with Crippen LogP contribution in [-0.4, -0.2) is 17.0 Å². The lowest BCUT2D eigenvalue weighted by molar-refractivity contribution is -0.144. The molecule has 0 aromatic heterocycles. The van der Waals surface area contributed by atoms with Crippen molar-refractivity contribution in [3.8, 4) is 0 Å². The van der Waals surface area contributed by atoms with Gasteiger partial charge in [-0.2, -0.15) is 0 Å². The molecule has 0 saturated heterocycles. The van der Waals surface area contributed by atoms with Crippen LogP contribution in [0.3, 0.4) is 0 Å². The number of nitrogens with one attached hydrogen (secondary N) is 1. The molecule has 18 heavy (non-hydrogen) atoms. The van der Waals surface area contributed by atoms with Gasteiger partial charge in [-0.3, -0.25) is 9.59 Å². The molecule has 0 aliphatic heterocycles. The summed E-state index contributed by atoms with van der Waals surface area (Å²) >= 11 is 0. The minimum atomic E-state index is -3.01. The van der Waals surface area contributed by atoms with E-state index in [1.165, 1.54) is 25.1 Å². The number of carboxylic acid groups (broad SMARTS) is 1. The lowest BCUT2D eigenvalue weighted by Gasteiger charge is -2.13. The number of hydrogen-bond acceptors (Lipinski definition) is 2. The average Bonchev–Trinajstić information content (AvgIpc) is 2.27. The van der Waals surface area contributed by atoms with E-state index in [1.54, 1.807) is 0 Å². The van der Waals surface area contributed by atoms with Crippen LogP contribution >= 0.6 is 0 Å². The fraction of sp³-hybridized carbons (Fsp3) is 0.333. The van der Waals surface area contributed by atoms with E-state index in [4.69, 9.17) is 5.11 Å². The van der Waals surface area contributed by atoms with E-state index < -0.39 is 23.7 Å². The van der Waals surface area contributed by atoms with Crippen LogP contribution in [0, 0.1) is 5.92 Å². The first-order valence-corrected chi connectivity index (χ1v) is 5.24. The summed E-state index contributed by atoms with van der Waals surface area (Å²) in [5.74, 6) is -6.28. The number of hydrogen-bond donors (Lipinski definition) is 2. The van der Waals surface area contributed by atoms with Gasteiger partial charge in [0.15, 0.2) is 0 Å². The third-order valence-electron chi connectivity index (χ3n) is 2.40. The van der Waals surface area contributed by atoms with Crippen LogP contribution in [-0.2, 0) is 15.5 Å². The topological polar surface area (TPSA) is 66.4 Å². The van der Waals surface area contributed by atoms with Gasteiger partial charge in [0, 0.05) is 18.2 Å². The molecule has 1 rings (SSSR count). The van der Waals surface area contributed by atoms with Crippen molar-refractivity contribution >= 4 is 17.6 Å². The average molecular weight is 257 g/mol. The van der Waals surface area contributed by atoms with Gasteiger partial charge in [-0.05, 0) is 19.1 Å². The van der Waals surface area contributed by atoms with Crippen molar-refractivity contribution in [1.29, 1.82) is 0 Å². The zero-order valence-corrected chi connectivity index (χ0v) is 9.91. The molecule has 1 aromatic carbocycles. The van der Waals surface area contributed by atoms with Crippen molar-refractivity contribution in [1.82, 2.24) is 0 Å². The maximum atomic E-state index is 13.1. The van der Waals surface area contributed by atoms with Crippen LogP contribution in [0.4, 0.5) is 14.5 Å². The van der Waals surface area contributed by atoms with Crippen LogP contribution < -0.4 is 5.32 Å². The third kappa shape index (κ3) is 3.51. The summed E-state index contributed by atoms with van der Waals surface area (Å²) in [5, 5.41) is 10.9. The number of carboxylic acids is 1. The summed E-state index contributed by atoms with van der Waals surface area (Å²) in [4.78, 5) is 22.0.